The zero-order valence-electron chi connectivity index (χ0n) is 15.0. The van der Waals surface area contributed by atoms with Gasteiger partial charge in [0.15, 0.2) is 0 Å². The Morgan fingerprint density at radius 1 is 1.11 bits per heavy atom. The van der Waals surface area contributed by atoms with Crippen molar-refractivity contribution < 1.29 is 8.42 Å². The summed E-state index contributed by atoms with van der Waals surface area (Å²) < 4.78 is 20.3. The first-order valence-corrected chi connectivity index (χ1v) is 11.5. The van der Waals surface area contributed by atoms with Crippen molar-refractivity contribution in [2.24, 2.45) is 0 Å². The van der Waals surface area contributed by atoms with E-state index in [2.05, 4.69) is 51.6 Å². The number of halogens is 3. The van der Waals surface area contributed by atoms with Crippen LogP contribution in [-0.4, -0.2) is 18.2 Å². The van der Waals surface area contributed by atoms with Crippen LogP contribution in [0.25, 0.3) is 11.1 Å². The number of benzene rings is 2. The summed E-state index contributed by atoms with van der Waals surface area (Å²) in [5, 5.41) is 14.1. The first-order valence-electron chi connectivity index (χ1n) is 8.02. The Kier molecular flexibility index (Phi) is 7.50. The molecule has 0 fully saturated rings. The van der Waals surface area contributed by atoms with Crippen LogP contribution < -0.4 is 0 Å². The van der Waals surface area contributed by atoms with Crippen LogP contribution in [-0.2, 0) is 14.8 Å². The summed E-state index contributed by atoms with van der Waals surface area (Å²) in [6.45, 7) is 4.79. The van der Waals surface area contributed by atoms with Crippen LogP contribution in [0.5, 0.6) is 0 Å². The highest BCUT2D eigenvalue weighted by atomic mass is 36.0. The van der Waals surface area contributed by atoms with Crippen LogP contribution >= 0.6 is 33.0 Å². The normalized spacial score (nSPS) is 10.7. The van der Waals surface area contributed by atoms with E-state index in [1.54, 1.807) is 6.07 Å². The van der Waals surface area contributed by atoms with Crippen LogP contribution in [0.4, 0.5) is 0 Å². The zero-order valence-corrected chi connectivity index (χ0v) is 18.1. The SMILES string of the molecule is Cc1nn(Cc2ccccc2)c(C)c1-c1ccc(C#N)c(Cl)c1.O=S(=O)(Cl)Cl. The lowest BCUT2D eigenvalue weighted by Gasteiger charge is -2.07. The Balaban J connectivity index is 0.000000500. The lowest BCUT2D eigenvalue weighted by molar-refractivity contribution is 0.621. The van der Waals surface area contributed by atoms with Gasteiger partial charge < -0.3 is 0 Å². The molecule has 0 radical (unpaired) electrons. The third kappa shape index (κ3) is 6.25. The molecule has 0 saturated carbocycles. The Labute approximate surface area is 178 Å². The quantitative estimate of drug-likeness (QED) is 0.491. The molecule has 1 aromatic heterocycles. The van der Waals surface area contributed by atoms with E-state index in [1.807, 2.05) is 41.9 Å². The average molecular weight is 457 g/mol. The first kappa shape index (κ1) is 22.3. The van der Waals surface area contributed by atoms with E-state index >= 15 is 0 Å². The number of hydrogen-bond acceptors (Lipinski definition) is 4. The molecule has 5 nitrogen and oxygen atoms in total. The summed E-state index contributed by atoms with van der Waals surface area (Å²) in [6.07, 6.45) is 0. The second-order valence-electron chi connectivity index (χ2n) is 5.87. The zero-order chi connectivity index (χ0) is 20.9. The highest BCUT2D eigenvalue weighted by Crippen LogP contribution is 2.30. The van der Waals surface area contributed by atoms with Crippen molar-refractivity contribution in [2.45, 2.75) is 20.4 Å². The highest BCUT2D eigenvalue weighted by molar-refractivity contribution is 8.31. The van der Waals surface area contributed by atoms with Crippen molar-refractivity contribution in [1.29, 1.82) is 5.26 Å². The minimum absolute atomic E-state index is 0.472. The van der Waals surface area contributed by atoms with Gasteiger partial charge in [0, 0.05) is 32.6 Å². The summed E-state index contributed by atoms with van der Waals surface area (Å²) in [5.74, 6) is 0. The Morgan fingerprint density at radius 2 is 1.71 bits per heavy atom. The van der Waals surface area contributed by atoms with Crippen molar-refractivity contribution in [1.82, 2.24) is 9.78 Å². The summed E-state index contributed by atoms with van der Waals surface area (Å²) in [6, 6.07) is 17.9. The minimum atomic E-state index is -3.72. The molecule has 9 heteroatoms. The molecule has 28 heavy (non-hydrogen) atoms. The standard InChI is InChI=1S/C19H16ClN3.Cl2O2S/c1-13-19(16-8-9-17(11-21)18(20)10-16)14(2)23(22-13)12-15-6-4-3-5-7-15;1-5(2,3)4/h3-10H,12H2,1-2H3;. The van der Waals surface area contributed by atoms with Crippen LogP contribution in [0.15, 0.2) is 48.5 Å². The van der Waals surface area contributed by atoms with Crippen LogP contribution in [0, 0.1) is 25.2 Å². The number of aryl methyl sites for hydroxylation is 1. The number of hydrogen-bond donors (Lipinski definition) is 0. The summed E-state index contributed by atoms with van der Waals surface area (Å²) >= 11 is 6.17. The monoisotopic (exact) mass is 455 g/mol. The van der Waals surface area contributed by atoms with E-state index in [0.717, 1.165) is 29.1 Å². The molecule has 0 aliphatic heterocycles. The molecular weight excluding hydrogens is 441 g/mol. The first-order chi connectivity index (χ1) is 13.1. The third-order valence-corrected chi connectivity index (χ3v) is 4.25. The predicted octanol–water partition coefficient (Wildman–Crippen LogP) is 5.45. The molecule has 146 valence electrons. The summed E-state index contributed by atoms with van der Waals surface area (Å²) in [4.78, 5) is 0. The lowest BCUT2D eigenvalue weighted by Crippen LogP contribution is -2.03. The fourth-order valence-electron chi connectivity index (χ4n) is 2.79. The second kappa shape index (κ2) is 9.44. The molecule has 2 aromatic carbocycles. The fraction of sp³-hybridized carbons (Fsp3) is 0.158. The maximum atomic E-state index is 9.16. The van der Waals surface area contributed by atoms with Crippen molar-refractivity contribution in [2.75, 3.05) is 0 Å². The molecule has 0 amide bonds. The number of rotatable bonds is 3. The van der Waals surface area contributed by atoms with Gasteiger partial charge in [-0.1, -0.05) is 48.0 Å². The van der Waals surface area contributed by atoms with E-state index in [-0.39, 0.29) is 0 Å². The second-order valence-corrected chi connectivity index (χ2v) is 9.95. The Bertz CT molecular complexity index is 1110. The topological polar surface area (TPSA) is 75.8 Å². The molecule has 0 aliphatic rings. The summed E-state index contributed by atoms with van der Waals surface area (Å²) in [7, 11) is 4.81. The van der Waals surface area contributed by atoms with Gasteiger partial charge in [-0.15, -0.1) is 0 Å². The van der Waals surface area contributed by atoms with Gasteiger partial charge in [0.25, 0.3) is 0 Å². The van der Waals surface area contributed by atoms with Gasteiger partial charge in [0.1, 0.15) is 6.07 Å². The van der Waals surface area contributed by atoms with E-state index in [0.29, 0.717) is 10.6 Å². The minimum Gasteiger partial charge on any atom is -0.265 e. The molecule has 0 aliphatic carbocycles. The summed E-state index contributed by atoms with van der Waals surface area (Å²) in [5.41, 5.74) is 5.81. The van der Waals surface area contributed by atoms with Gasteiger partial charge in [0.05, 0.1) is 22.8 Å². The van der Waals surface area contributed by atoms with Crippen LogP contribution in [0.1, 0.15) is 22.5 Å². The Morgan fingerprint density at radius 3 is 2.25 bits per heavy atom. The highest BCUT2D eigenvalue weighted by Gasteiger charge is 2.15. The van der Waals surface area contributed by atoms with Crippen molar-refractivity contribution >= 4 is 41.2 Å². The smallest absolute Gasteiger partial charge is 0.265 e. The average Bonchev–Trinajstić information content (AvgIpc) is 2.88. The van der Waals surface area contributed by atoms with E-state index in [9.17, 15) is 0 Å². The van der Waals surface area contributed by atoms with Crippen LogP contribution in [0.2, 0.25) is 5.02 Å². The molecule has 0 unspecified atom stereocenters. The largest absolute Gasteiger partial charge is 0.317 e. The van der Waals surface area contributed by atoms with Gasteiger partial charge in [-0.25, -0.2) is 0 Å². The molecule has 0 atom stereocenters. The van der Waals surface area contributed by atoms with Crippen molar-refractivity contribution in [3.8, 4) is 17.2 Å². The number of nitrogens with zero attached hydrogens (tertiary/aromatic N) is 3. The molecule has 1 heterocycles. The van der Waals surface area contributed by atoms with Gasteiger partial charge in [-0.2, -0.15) is 18.8 Å². The van der Waals surface area contributed by atoms with Crippen molar-refractivity contribution in [3.63, 3.8) is 0 Å². The molecule has 0 bridgehead atoms. The van der Waals surface area contributed by atoms with Gasteiger partial charge in [-0.3, -0.25) is 4.68 Å². The molecule has 0 saturated heterocycles. The van der Waals surface area contributed by atoms with E-state index in [4.69, 9.17) is 25.3 Å². The number of nitriles is 1. The molecular formula is C19H16Cl3N3O2S. The van der Waals surface area contributed by atoms with E-state index < -0.39 is 8.26 Å². The Hall–Kier alpha value is -2.04. The van der Waals surface area contributed by atoms with Crippen LogP contribution in [0.3, 0.4) is 0 Å². The molecule has 3 rings (SSSR count). The van der Waals surface area contributed by atoms with Gasteiger partial charge in [0.2, 0.25) is 0 Å². The molecule has 3 aromatic rings. The molecule has 0 N–H and O–H groups in total. The maximum Gasteiger partial charge on any atom is 0.317 e. The van der Waals surface area contributed by atoms with Gasteiger partial charge in [-0.05, 0) is 37.1 Å². The fourth-order valence-corrected chi connectivity index (χ4v) is 3.01. The third-order valence-electron chi connectivity index (χ3n) is 3.93. The number of aromatic nitrogens is 2. The van der Waals surface area contributed by atoms with Gasteiger partial charge >= 0.3 is 8.26 Å². The van der Waals surface area contributed by atoms with Crippen molar-refractivity contribution in [3.05, 3.63) is 76.1 Å². The predicted molar refractivity (Wildman–Crippen MR) is 113 cm³/mol. The lowest BCUT2D eigenvalue weighted by atomic mass is 10.0. The maximum absolute atomic E-state index is 9.16. The van der Waals surface area contributed by atoms with E-state index in [1.165, 1.54) is 5.56 Å². The molecule has 0 spiro atoms.